The standard InChI is InChI=1S/C10H7ClN2O2/c11-7-1-3-8(4-2-7)13-6-5-12-9(13)10(14)15/h1-6H,(H,14,15). The summed E-state index contributed by atoms with van der Waals surface area (Å²) in [6.45, 7) is 0. The van der Waals surface area contributed by atoms with Crippen LogP contribution in [0.3, 0.4) is 0 Å². The van der Waals surface area contributed by atoms with Crippen LogP contribution in [-0.2, 0) is 0 Å². The van der Waals surface area contributed by atoms with Crippen LogP contribution in [-0.4, -0.2) is 20.6 Å². The Hall–Kier alpha value is -1.81. The maximum Gasteiger partial charge on any atom is 0.372 e. The van der Waals surface area contributed by atoms with Crippen LogP contribution in [0.15, 0.2) is 36.7 Å². The number of carboxylic acid groups (broad SMARTS) is 1. The molecule has 2 aromatic rings. The van der Waals surface area contributed by atoms with Crippen LogP contribution in [0.5, 0.6) is 0 Å². The van der Waals surface area contributed by atoms with Gasteiger partial charge in [-0.3, -0.25) is 4.57 Å². The molecule has 15 heavy (non-hydrogen) atoms. The Morgan fingerprint density at radius 1 is 1.33 bits per heavy atom. The Bertz CT molecular complexity index is 490. The van der Waals surface area contributed by atoms with Gasteiger partial charge in [0.2, 0.25) is 5.82 Å². The predicted octanol–water partition coefficient (Wildman–Crippen LogP) is 2.22. The van der Waals surface area contributed by atoms with Crippen molar-refractivity contribution in [3.63, 3.8) is 0 Å². The number of aromatic carboxylic acids is 1. The second-order valence-electron chi connectivity index (χ2n) is 2.90. The summed E-state index contributed by atoms with van der Waals surface area (Å²) in [6, 6.07) is 6.86. The van der Waals surface area contributed by atoms with Crippen molar-refractivity contribution in [2.24, 2.45) is 0 Å². The zero-order valence-corrected chi connectivity index (χ0v) is 8.35. The van der Waals surface area contributed by atoms with E-state index in [0.717, 1.165) is 0 Å². The quantitative estimate of drug-likeness (QED) is 0.848. The molecule has 0 saturated carbocycles. The number of halogens is 1. The maximum absolute atomic E-state index is 10.8. The van der Waals surface area contributed by atoms with Gasteiger partial charge in [0, 0.05) is 23.1 Å². The highest BCUT2D eigenvalue weighted by Crippen LogP contribution is 2.14. The highest BCUT2D eigenvalue weighted by molar-refractivity contribution is 6.30. The van der Waals surface area contributed by atoms with Crippen LogP contribution in [0.1, 0.15) is 10.6 Å². The fourth-order valence-corrected chi connectivity index (χ4v) is 1.40. The van der Waals surface area contributed by atoms with Crippen molar-refractivity contribution in [1.29, 1.82) is 0 Å². The normalized spacial score (nSPS) is 10.2. The van der Waals surface area contributed by atoms with E-state index in [-0.39, 0.29) is 5.82 Å². The average Bonchev–Trinajstić information content (AvgIpc) is 2.67. The molecular formula is C10H7ClN2O2. The molecule has 0 radical (unpaired) electrons. The molecule has 1 N–H and O–H groups in total. The summed E-state index contributed by atoms with van der Waals surface area (Å²) in [7, 11) is 0. The van der Waals surface area contributed by atoms with E-state index in [0.29, 0.717) is 10.7 Å². The summed E-state index contributed by atoms with van der Waals surface area (Å²) in [4.78, 5) is 14.6. The number of aromatic nitrogens is 2. The van der Waals surface area contributed by atoms with Gasteiger partial charge < -0.3 is 5.11 Å². The van der Waals surface area contributed by atoms with Crippen molar-refractivity contribution in [3.05, 3.63) is 47.5 Å². The molecule has 4 nitrogen and oxygen atoms in total. The molecule has 1 aromatic carbocycles. The zero-order chi connectivity index (χ0) is 10.8. The number of carbonyl (C=O) groups is 1. The van der Waals surface area contributed by atoms with Gasteiger partial charge >= 0.3 is 5.97 Å². The second kappa shape index (κ2) is 3.74. The van der Waals surface area contributed by atoms with Gasteiger partial charge in [-0.25, -0.2) is 9.78 Å². The lowest BCUT2D eigenvalue weighted by atomic mass is 10.3. The molecule has 0 spiro atoms. The Labute approximate surface area is 90.8 Å². The van der Waals surface area contributed by atoms with E-state index in [1.807, 2.05) is 0 Å². The third-order valence-corrected chi connectivity index (χ3v) is 2.19. The predicted molar refractivity (Wildman–Crippen MR) is 55.5 cm³/mol. The SMILES string of the molecule is O=C(O)c1nccn1-c1ccc(Cl)cc1. The number of imidazole rings is 1. The first-order valence-electron chi connectivity index (χ1n) is 4.21. The van der Waals surface area contributed by atoms with E-state index in [9.17, 15) is 4.79 Å². The Kier molecular flexibility index (Phi) is 2.43. The van der Waals surface area contributed by atoms with Gasteiger partial charge in [-0.1, -0.05) is 11.6 Å². The number of hydrogen-bond acceptors (Lipinski definition) is 2. The molecule has 76 valence electrons. The van der Waals surface area contributed by atoms with E-state index < -0.39 is 5.97 Å². The number of benzene rings is 1. The Morgan fingerprint density at radius 3 is 2.60 bits per heavy atom. The molecule has 0 fully saturated rings. The highest BCUT2D eigenvalue weighted by atomic mass is 35.5. The van der Waals surface area contributed by atoms with Gasteiger partial charge in [-0.05, 0) is 24.3 Å². The molecule has 1 aromatic heterocycles. The average molecular weight is 223 g/mol. The molecule has 0 aliphatic rings. The number of nitrogens with zero attached hydrogens (tertiary/aromatic N) is 2. The van der Waals surface area contributed by atoms with Crippen molar-refractivity contribution in [3.8, 4) is 5.69 Å². The first-order valence-corrected chi connectivity index (χ1v) is 4.59. The van der Waals surface area contributed by atoms with E-state index >= 15 is 0 Å². The third-order valence-electron chi connectivity index (χ3n) is 1.94. The van der Waals surface area contributed by atoms with Crippen LogP contribution in [0.25, 0.3) is 5.69 Å². The van der Waals surface area contributed by atoms with Crippen LogP contribution in [0.4, 0.5) is 0 Å². The Balaban J connectivity index is 2.49. The minimum Gasteiger partial charge on any atom is -0.475 e. The summed E-state index contributed by atoms with van der Waals surface area (Å²) in [6.07, 6.45) is 3.03. The molecule has 0 amide bonds. The number of hydrogen-bond donors (Lipinski definition) is 1. The lowest BCUT2D eigenvalue weighted by Crippen LogP contribution is -2.07. The van der Waals surface area contributed by atoms with E-state index in [4.69, 9.17) is 16.7 Å². The van der Waals surface area contributed by atoms with Gasteiger partial charge in [0.1, 0.15) is 0 Å². The van der Waals surface area contributed by atoms with Gasteiger partial charge in [0.15, 0.2) is 0 Å². The second-order valence-corrected chi connectivity index (χ2v) is 3.34. The summed E-state index contributed by atoms with van der Waals surface area (Å²) >= 11 is 5.73. The fourth-order valence-electron chi connectivity index (χ4n) is 1.27. The number of rotatable bonds is 2. The van der Waals surface area contributed by atoms with E-state index in [1.165, 1.54) is 10.8 Å². The minimum absolute atomic E-state index is 0.0164. The first-order chi connectivity index (χ1) is 7.18. The molecule has 0 bridgehead atoms. The van der Waals surface area contributed by atoms with Gasteiger partial charge in [0.25, 0.3) is 0 Å². The maximum atomic E-state index is 10.8. The summed E-state index contributed by atoms with van der Waals surface area (Å²) in [5.41, 5.74) is 0.717. The molecule has 2 rings (SSSR count). The van der Waals surface area contributed by atoms with Crippen molar-refractivity contribution in [2.75, 3.05) is 0 Å². The van der Waals surface area contributed by atoms with Crippen molar-refractivity contribution in [2.45, 2.75) is 0 Å². The monoisotopic (exact) mass is 222 g/mol. The van der Waals surface area contributed by atoms with Crippen LogP contribution >= 0.6 is 11.6 Å². The van der Waals surface area contributed by atoms with Gasteiger partial charge in [-0.2, -0.15) is 0 Å². The topological polar surface area (TPSA) is 55.1 Å². The molecular weight excluding hydrogens is 216 g/mol. The van der Waals surface area contributed by atoms with Gasteiger partial charge in [0.05, 0.1) is 0 Å². The zero-order valence-electron chi connectivity index (χ0n) is 7.59. The van der Waals surface area contributed by atoms with Crippen molar-refractivity contribution in [1.82, 2.24) is 9.55 Å². The van der Waals surface area contributed by atoms with Crippen LogP contribution in [0.2, 0.25) is 5.02 Å². The molecule has 0 atom stereocenters. The summed E-state index contributed by atoms with van der Waals surface area (Å²) in [5.74, 6) is -1.08. The Morgan fingerprint density at radius 2 is 2.00 bits per heavy atom. The molecule has 0 saturated heterocycles. The highest BCUT2D eigenvalue weighted by Gasteiger charge is 2.11. The van der Waals surface area contributed by atoms with E-state index in [1.54, 1.807) is 30.5 Å². The first kappa shape index (κ1) is 9.73. The largest absolute Gasteiger partial charge is 0.475 e. The fraction of sp³-hybridized carbons (Fsp3) is 0. The molecule has 0 unspecified atom stereocenters. The molecule has 5 heteroatoms. The van der Waals surface area contributed by atoms with Crippen LogP contribution in [0, 0.1) is 0 Å². The lowest BCUT2D eigenvalue weighted by molar-refractivity contribution is 0.0681. The smallest absolute Gasteiger partial charge is 0.372 e. The number of carboxylic acids is 1. The van der Waals surface area contributed by atoms with Crippen molar-refractivity contribution < 1.29 is 9.90 Å². The third kappa shape index (κ3) is 1.85. The van der Waals surface area contributed by atoms with Crippen LogP contribution < -0.4 is 0 Å². The van der Waals surface area contributed by atoms with Crippen molar-refractivity contribution >= 4 is 17.6 Å². The molecule has 1 heterocycles. The summed E-state index contributed by atoms with van der Waals surface area (Å²) in [5, 5.41) is 9.47. The molecule has 0 aliphatic carbocycles. The summed E-state index contributed by atoms with van der Waals surface area (Å²) < 4.78 is 1.48. The minimum atomic E-state index is -1.06. The van der Waals surface area contributed by atoms with E-state index in [2.05, 4.69) is 4.98 Å². The van der Waals surface area contributed by atoms with Gasteiger partial charge in [-0.15, -0.1) is 0 Å². The lowest BCUT2D eigenvalue weighted by Gasteiger charge is -2.04. The molecule has 0 aliphatic heterocycles.